The van der Waals surface area contributed by atoms with Crippen LogP contribution in [-0.2, 0) is 22.6 Å². The van der Waals surface area contributed by atoms with Gasteiger partial charge in [-0.3, -0.25) is 14.5 Å². The highest BCUT2D eigenvalue weighted by atomic mass is 19.1. The molecule has 0 spiro atoms. The summed E-state index contributed by atoms with van der Waals surface area (Å²) in [6, 6.07) is 13.3. The Morgan fingerprint density at radius 3 is 2.21 bits per heavy atom. The van der Waals surface area contributed by atoms with E-state index in [1.54, 1.807) is 6.07 Å². The van der Waals surface area contributed by atoms with Gasteiger partial charge >= 0.3 is 11.9 Å². The van der Waals surface area contributed by atoms with Gasteiger partial charge in [0.15, 0.2) is 5.41 Å². The van der Waals surface area contributed by atoms with Gasteiger partial charge in [0.05, 0.1) is 6.54 Å². The Bertz CT molecular complexity index is 1020. The van der Waals surface area contributed by atoms with Gasteiger partial charge in [0, 0.05) is 18.5 Å². The van der Waals surface area contributed by atoms with Crippen LogP contribution in [-0.4, -0.2) is 40.6 Å². The molecule has 6 heteroatoms. The molecule has 34 heavy (non-hydrogen) atoms. The minimum Gasteiger partial charge on any atom is -0.480 e. The number of aliphatic carboxylic acids is 2. The molecule has 2 aromatic rings. The number of nitrogens with zero attached hydrogens (tertiary/aromatic N) is 1. The summed E-state index contributed by atoms with van der Waals surface area (Å²) in [5.41, 5.74) is 1.54. The fraction of sp³-hybridized carbons (Fsp3) is 0.429. The summed E-state index contributed by atoms with van der Waals surface area (Å²) in [7, 11) is 1.81. The average Bonchev–Trinajstić information content (AvgIpc) is 2.80. The van der Waals surface area contributed by atoms with Gasteiger partial charge in [-0.2, -0.15) is 0 Å². The monoisotopic (exact) mass is 467 g/mol. The molecule has 0 amide bonds. The zero-order chi connectivity index (χ0) is 25.1. The lowest BCUT2D eigenvalue weighted by Crippen LogP contribution is -2.35. The number of carbonyl (C=O) groups is 2. The standard InChI is InChI=1S/C28H34FNO4/c1-4-5-6-7-10-21-11-14-23(15-12-21)24-16-13-22(19-25(24)29)20-30(3)18-9-8-17-28(2,26(31)32)27(33)34/h11-16,19H,4-7,10,17-18,20H2,1-3H3,(H,31,32)(H,33,34). The molecule has 5 nitrogen and oxygen atoms in total. The Labute approximate surface area is 201 Å². The lowest BCUT2D eigenvalue weighted by Gasteiger charge is -2.16. The second kappa shape index (κ2) is 12.9. The first-order chi connectivity index (χ1) is 16.2. The number of hydrogen-bond donors (Lipinski definition) is 2. The summed E-state index contributed by atoms with van der Waals surface area (Å²) in [6.07, 6.45) is 5.64. The molecule has 0 saturated carbocycles. The summed E-state index contributed by atoms with van der Waals surface area (Å²) in [5, 5.41) is 18.2. The van der Waals surface area contributed by atoms with Crippen LogP contribution in [0.3, 0.4) is 0 Å². The highest BCUT2D eigenvalue weighted by Crippen LogP contribution is 2.25. The van der Waals surface area contributed by atoms with Gasteiger partial charge in [-0.1, -0.05) is 68.5 Å². The third kappa shape index (κ3) is 7.71. The molecule has 2 N–H and O–H groups in total. The zero-order valence-corrected chi connectivity index (χ0v) is 20.2. The van der Waals surface area contributed by atoms with Crippen LogP contribution in [0, 0.1) is 23.1 Å². The normalized spacial score (nSPS) is 11.2. The molecule has 0 atom stereocenters. The Morgan fingerprint density at radius 2 is 1.62 bits per heavy atom. The molecular formula is C28H34FNO4. The van der Waals surface area contributed by atoms with Gasteiger partial charge in [0.2, 0.25) is 0 Å². The van der Waals surface area contributed by atoms with Crippen molar-refractivity contribution in [2.24, 2.45) is 5.41 Å². The van der Waals surface area contributed by atoms with Crippen LogP contribution < -0.4 is 0 Å². The maximum absolute atomic E-state index is 14.8. The van der Waals surface area contributed by atoms with Crippen molar-refractivity contribution >= 4 is 11.9 Å². The smallest absolute Gasteiger partial charge is 0.321 e. The number of benzene rings is 2. The molecule has 0 radical (unpaired) electrons. The quantitative estimate of drug-likeness (QED) is 0.241. The molecule has 0 aliphatic heterocycles. The number of aryl methyl sites for hydroxylation is 1. The van der Waals surface area contributed by atoms with Crippen LogP contribution in [0.4, 0.5) is 4.39 Å². The third-order valence-electron chi connectivity index (χ3n) is 5.93. The summed E-state index contributed by atoms with van der Waals surface area (Å²) >= 11 is 0. The third-order valence-corrected chi connectivity index (χ3v) is 5.93. The summed E-state index contributed by atoms with van der Waals surface area (Å²) in [6.45, 7) is 4.10. The van der Waals surface area contributed by atoms with Crippen LogP contribution in [0.2, 0.25) is 0 Å². The van der Waals surface area contributed by atoms with Crippen LogP contribution >= 0.6 is 0 Å². The number of unbranched alkanes of at least 4 members (excludes halogenated alkanes) is 3. The molecule has 0 aromatic heterocycles. The predicted octanol–water partition coefficient (Wildman–Crippen LogP) is 5.62. The number of carboxylic acids is 2. The molecule has 0 heterocycles. The Hall–Kier alpha value is -3.17. The van der Waals surface area contributed by atoms with Crippen LogP contribution in [0.25, 0.3) is 11.1 Å². The number of hydrogen-bond acceptors (Lipinski definition) is 3. The van der Waals surface area contributed by atoms with E-state index in [1.165, 1.54) is 37.3 Å². The van der Waals surface area contributed by atoms with E-state index in [-0.39, 0.29) is 12.2 Å². The van der Waals surface area contributed by atoms with Crippen molar-refractivity contribution in [1.82, 2.24) is 4.90 Å². The predicted molar refractivity (Wildman–Crippen MR) is 132 cm³/mol. The first-order valence-electron chi connectivity index (χ1n) is 11.7. The second-order valence-electron chi connectivity index (χ2n) is 8.97. The molecule has 0 fully saturated rings. The van der Waals surface area contributed by atoms with Crippen LogP contribution in [0.5, 0.6) is 0 Å². The summed E-state index contributed by atoms with van der Waals surface area (Å²) in [4.78, 5) is 24.2. The van der Waals surface area contributed by atoms with E-state index >= 15 is 0 Å². The van der Waals surface area contributed by atoms with Crippen molar-refractivity contribution in [1.29, 1.82) is 0 Å². The first kappa shape index (κ1) is 27.1. The lowest BCUT2D eigenvalue weighted by atomic mass is 9.87. The second-order valence-corrected chi connectivity index (χ2v) is 8.97. The molecule has 0 aliphatic carbocycles. The number of carboxylic acid groups (broad SMARTS) is 2. The lowest BCUT2D eigenvalue weighted by molar-refractivity contribution is -0.162. The zero-order valence-electron chi connectivity index (χ0n) is 20.2. The summed E-state index contributed by atoms with van der Waals surface area (Å²) in [5.74, 6) is 2.33. The van der Waals surface area contributed by atoms with Crippen molar-refractivity contribution < 1.29 is 24.2 Å². The molecule has 0 bridgehead atoms. The molecule has 0 unspecified atom stereocenters. The van der Waals surface area contributed by atoms with E-state index in [1.807, 2.05) is 30.1 Å². The van der Waals surface area contributed by atoms with Gasteiger partial charge in [-0.15, -0.1) is 5.92 Å². The average molecular weight is 468 g/mol. The molecule has 0 saturated heterocycles. The van der Waals surface area contributed by atoms with Crippen molar-refractivity contribution in [2.75, 3.05) is 13.6 Å². The molecule has 2 aromatic carbocycles. The molecule has 182 valence electrons. The van der Waals surface area contributed by atoms with E-state index in [2.05, 4.69) is 30.9 Å². The molecular weight excluding hydrogens is 433 g/mol. The number of rotatable bonds is 12. The van der Waals surface area contributed by atoms with Crippen molar-refractivity contribution in [3.63, 3.8) is 0 Å². The summed E-state index contributed by atoms with van der Waals surface area (Å²) < 4.78 is 14.8. The first-order valence-corrected chi connectivity index (χ1v) is 11.7. The maximum Gasteiger partial charge on any atom is 0.321 e. The van der Waals surface area contributed by atoms with E-state index in [0.29, 0.717) is 18.7 Å². The van der Waals surface area contributed by atoms with Crippen LogP contribution in [0.15, 0.2) is 42.5 Å². The Balaban J connectivity index is 1.94. The highest BCUT2D eigenvalue weighted by Gasteiger charge is 2.40. The van der Waals surface area contributed by atoms with Gasteiger partial charge in [0.1, 0.15) is 5.82 Å². The van der Waals surface area contributed by atoms with Crippen molar-refractivity contribution in [2.45, 2.75) is 58.9 Å². The number of halogens is 1. The van der Waals surface area contributed by atoms with Crippen molar-refractivity contribution in [3.8, 4) is 23.0 Å². The minimum absolute atomic E-state index is 0.285. The Kier molecular flexibility index (Phi) is 10.3. The van der Waals surface area contributed by atoms with Gasteiger partial charge in [-0.05, 0) is 49.6 Å². The minimum atomic E-state index is -1.93. The van der Waals surface area contributed by atoms with E-state index < -0.39 is 17.4 Å². The van der Waals surface area contributed by atoms with E-state index in [9.17, 15) is 14.0 Å². The van der Waals surface area contributed by atoms with Gasteiger partial charge in [-0.25, -0.2) is 4.39 Å². The fourth-order valence-corrected chi connectivity index (χ4v) is 3.54. The van der Waals surface area contributed by atoms with E-state index in [4.69, 9.17) is 10.2 Å². The maximum atomic E-state index is 14.8. The fourth-order valence-electron chi connectivity index (χ4n) is 3.54. The van der Waals surface area contributed by atoms with Crippen molar-refractivity contribution in [3.05, 3.63) is 59.4 Å². The topological polar surface area (TPSA) is 77.8 Å². The largest absolute Gasteiger partial charge is 0.480 e. The highest BCUT2D eigenvalue weighted by molar-refractivity contribution is 5.98. The van der Waals surface area contributed by atoms with Gasteiger partial charge in [0.25, 0.3) is 0 Å². The molecule has 2 rings (SSSR count). The van der Waals surface area contributed by atoms with E-state index in [0.717, 1.165) is 24.5 Å². The van der Waals surface area contributed by atoms with Crippen LogP contribution in [0.1, 0.15) is 57.1 Å². The van der Waals surface area contributed by atoms with Gasteiger partial charge < -0.3 is 10.2 Å². The Morgan fingerprint density at radius 1 is 0.971 bits per heavy atom. The molecule has 0 aliphatic rings. The SMILES string of the molecule is CCCCCCc1ccc(-c2ccc(CN(C)CC#CCC(C)(C(=O)O)C(=O)O)cc2F)cc1.